The maximum absolute atomic E-state index is 11.8. The van der Waals surface area contributed by atoms with Crippen molar-refractivity contribution < 1.29 is 18.3 Å². The van der Waals surface area contributed by atoms with Gasteiger partial charge in [0.05, 0.1) is 16.3 Å². The summed E-state index contributed by atoms with van der Waals surface area (Å²) in [5.74, 6) is -0.00810. The topological polar surface area (TPSA) is 83.5 Å². The molecule has 2 N–H and O–H groups in total. The molecule has 1 aromatic rings. The number of carbonyl (C=O) groups is 1. The summed E-state index contributed by atoms with van der Waals surface area (Å²) in [5.41, 5.74) is 0.152. The molecule has 2 atom stereocenters. The fraction of sp³-hybridized carbons (Fsp3) is 0.462. The molecule has 0 heterocycles. The smallest absolute Gasteiger partial charge is 0.227 e. The number of anilines is 1. The highest BCUT2D eigenvalue weighted by atomic mass is 32.2. The van der Waals surface area contributed by atoms with Gasteiger partial charge in [-0.1, -0.05) is 13.8 Å². The number of hydrogen-bond acceptors (Lipinski definition) is 4. The molecular weight excluding hydrogens is 266 g/mol. The van der Waals surface area contributed by atoms with E-state index in [4.69, 9.17) is 0 Å². The second-order valence-electron chi connectivity index (χ2n) is 4.89. The highest BCUT2D eigenvalue weighted by Crippen LogP contribution is 2.39. The van der Waals surface area contributed by atoms with E-state index >= 15 is 0 Å². The van der Waals surface area contributed by atoms with Crippen LogP contribution in [0.1, 0.15) is 20.3 Å². The summed E-state index contributed by atoms with van der Waals surface area (Å²) < 4.78 is 23.5. The van der Waals surface area contributed by atoms with E-state index in [0.29, 0.717) is 5.92 Å². The Hall–Kier alpha value is -1.56. The Balaban J connectivity index is 2.25. The molecule has 0 unspecified atom stereocenters. The van der Waals surface area contributed by atoms with E-state index in [1.165, 1.54) is 18.2 Å². The molecule has 1 saturated carbocycles. The van der Waals surface area contributed by atoms with Crippen molar-refractivity contribution in [3.63, 3.8) is 0 Å². The summed E-state index contributed by atoms with van der Waals surface area (Å²) in [5, 5.41) is 12.3. The Morgan fingerprint density at radius 1 is 1.47 bits per heavy atom. The SMILES string of the molecule is CCS(=O)(=O)c1ccc(O)c(NC(=O)[C@@H]2C[C@@H]2C)c1. The molecule has 0 saturated heterocycles. The maximum Gasteiger partial charge on any atom is 0.227 e. The van der Waals surface area contributed by atoms with Crippen molar-refractivity contribution in [1.29, 1.82) is 0 Å². The highest BCUT2D eigenvalue weighted by Gasteiger charge is 2.39. The van der Waals surface area contributed by atoms with E-state index in [1.54, 1.807) is 6.92 Å². The predicted octanol–water partition coefficient (Wildman–Crippen LogP) is 1.78. The molecule has 1 fully saturated rings. The molecule has 104 valence electrons. The average molecular weight is 283 g/mol. The molecule has 0 aliphatic heterocycles. The zero-order valence-corrected chi connectivity index (χ0v) is 11.7. The Bertz CT molecular complexity index is 609. The predicted molar refractivity (Wildman–Crippen MR) is 71.7 cm³/mol. The number of hydrogen-bond donors (Lipinski definition) is 2. The lowest BCUT2D eigenvalue weighted by molar-refractivity contribution is -0.117. The zero-order chi connectivity index (χ0) is 14.2. The minimum absolute atomic E-state index is 0.0230. The van der Waals surface area contributed by atoms with E-state index in [0.717, 1.165) is 6.42 Å². The lowest BCUT2D eigenvalue weighted by Crippen LogP contribution is -2.15. The van der Waals surface area contributed by atoms with E-state index in [2.05, 4.69) is 5.32 Å². The van der Waals surface area contributed by atoms with Crippen LogP contribution in [0.4, 0.5) is 5.69 Å². The van der Waals surface area contributed by atoms with Crippen LogP contribution in [-0.4, -0.2) is 25.2 Å². The third kappa shape index (κ3) is 2.89. The number of phenols is 1. The number of aromatic hydroxyl groups is 1. The van der Waals surface area contributed by atoms with E-state index < -0.39 is 9.84 Å². The fourth-order valence-corrected chi connectivity index (χ4v) is 2.79. The van der Waals surface area contributed by atoms with Crippen molar-refractivity contribution in [1.82, 2.24) is 0 Å². The van der Waals surface area contributed by atoms with Gasteiger partial charge in [-0.05, 0) is 30.5 Å². The third-order valence-corrected chi connectivity index (χ3v) is 5.14. The molecule has 0 spiro atoms. The summed E-state index contributed by atoms with van der Waals surface area (Å²) in [6.07, 6.45) is 0.833. The Kier molecular flexibility index (Phi) is 3.54. The van der Waals surface area contributed by atoms with Gasteiger partial charge >= 0.3 is 0 Å². The van der Waals surface area contributed by atoms with Crippen molar-refractivity contribution in [3.8, 4) is 5.75 Å². The van der Waals surface area contributed by atoms with Crippen LogP contribution in [0.3, 0.4) is 0 Å². The highest BCUT2D eigenvalue weighted by molar-refractivity contribution is 7.91. The van der Waals surface area contributed by atoms with Gasteiger partial charge in [-0.15, -0.1) is 0 Å². The molecule has 1 aliphatic carbocycles. The molecule has 6 heteroatoms. The Morgan fingerprint density at radius 2 is 2.11 bits per heavy atom. The Labute approximate surface area is 112 Å². The molecule has 0 bridgehead atoms. The number of benzene rings is 1. The second-order valence-corrected chi connectivity index (χ2v) is 7.17. The molecule has 1 aliphatic rings. The normalized spacial score (nSPS) is 22.0. The van der Waals surface area contributed by atoms with Gasteiger partial charge in [0.25, 0.3) is 0 Å². The van der Waals surface area contributed by atoms with Gasteiger partial charge in [-0.2, -0.15) is 0 Å². The van der Waals surface area contributed by atoms with Crippen molar-refractivity contribution in [2.24, 2.45) is 11.8 Å². The summed E-state index contributed by atoms with van der Waals surface area (Å²) in [6, 6.07) is 3.93. The van der Waals surface area contributed by atoms with Crippen LogP contribution in [0.25, 0.3) is 0 Å². The average Bonchev–Trinajstić information content (AvgIpc) is 3.09. The van der Waals surface area contributed by atoms with Gasteiger partial charge in [-0.3, -0.25) is 4.79 Å². The van der Waals surface area contributed by atoms with Gasteiger partial charge in [-0.25, -0.2) is 8.42 Å². The summed E-state index contributed by atoms with van der Waals surface area (Å²) >= 11 is 0. The number of phenolic OH excluding ortho intramolecular Hbond substituents is 1. The van der Waals surface area contributed by atoms with Crippen LogP contribution in [0, 0.1) is 11.8 Å². The third-order valence-electron chi connectivity index (χ3n) is 3.41. The number of amides is 1. The lowest BCUT2D eigenvalue weighted by atomic mass is 10.2. The fourth-order valence-electron chi connectivity index (χ4n) is 1.89. The quantitative estimate of drug-likeness (QED) is 0.825. The van der Waals surface area contributed by atoms with E-state index in [1.807, 2.05) is 6.92 Å². The van der Waals surface area contributed by atoms with Crippen LogP contribution < -0.4 is 5.32 Å². The van der Waals surface area contributed by atoms with E-state index in [-0.39, 0.29) is 33.9 Å². The maximum atomic E-state index is 11.8. The molecule has 0 aromatic heterocycles. The first-order chi connectivity index (χ1) is 8.85. The summed E-state index contributed by atoms with van der Waals surface area (Å²) in [4.78, 5) is 11.9. The standard InChI is InChI=1S/C13H17NO4S/c1-3-19(17,18)9-4-5-12(15)11(7-9)14-13(16)10-6-8(10)2/h4-5,7-8,10,15H,3,6H2,1-2H3,(H,14,16)/t8-,10+/m0/s1. The van der Waals surface area contributed by atoms with Gasteiger partial charge in [0.15, 0.2) is 9.84 Å². The van der Waals surface area contributed by atoms with Crippen molar-refractivity contribution in [2.45, 2.75) is 25.2 Å². The molecule has 1 amide bonds. The van der Waals surface area contributed by atoms with Gasteiger partial charge in [0, 0.05) is 5.92 Å². The first-order valence-corrected chi connectivity index (χ1v) is 7.87. The Morgan fingerprint density at radius 3 is 2.63 bits per heavy atom. The van der Waals surface area contributed by atoms with Crippen LogP contribution in [0.15, 0.2) is 23.1 Å². The number of sulfone groups is 1. The number of carbonyl (C=O) groups excluding carboxylic acids is 1. The molecule has 5 nitrogen and oxygen atoms in total. The monoisotopic (exact) mass is 283 g/mol. The molecular formula is C13H17NO4S. The first kappa shape index (κ1) is 13.9. The van der Waals surface area contributed by atoms with Gasteiger partial charge < -0.3 is 10.4 Å². The van der Waals surface area contributed by atoms with Crippen LogP contribution >= 0.6 is 0 Å². The van der Waals surface area contributed by atoms with E-state index in [9.17, 15) is 18.3 Å². The lowest BCUT2D eigenvalue weighted by Gasteiger charge is -2.09. The van der Waals surface area contributed by atoms with Crippen molar-refractivity contribution >= 4 is 21.4 Å². The summed E-state index contributed by atoms with van der Waals surface area (Å²) in [7, 11) is -3.35. The zero-order valence-electron chi connectivity index (χ0n) is 10.9. The molecule has 19 heavy (non-hydrogen) atoms. The van der Waals surface area contributed by atoms with Crippen LogP contribution in [0.5, 0.6) is 5.75 Å². The molecule has 1 aromatic carbocycles. The first-order valence-electron chi connectivity index (χ1n) is 6.21. The summed E-state index contributed by atoms with van der Waals surface area (Å²) in [6.45, 7) is 3.52. The van der Waals surface area contributed by atoms with Crippen LogP contribution in [0.2, 0.25) is 0 Å². The number of nitrogens with one attached hydrogen (secondary N) is 1. The van der Waals surface area contributed by atoms with Crippen LogP contribution in [-0.2, 0) is 14.6 Å². The minimum atomic E-state index is -3.35. The van der Waals surface area contributed by atoms with Crippen molar-refractivity contribution in [3.05, 3.63) is 18.2 Å². The minimum Gasteiger partial charge on any atom is -0.506 e. The largest absolute Gasteiger partial charge is 0.506 e. The number of rotatable bonds is 4. The second kappa shape index (κ2) is 4.85. The van der Waals surface area contributed by atoms with Crippen molar-refractivity contribution in [2.75, 3.05) is 11.1 Å². The molecule has 2 rings (SSSR count). The van der Waals surface area contributed by atoms with Gasteiger partial charge in [0.1, 0.15) is 5.75 Å². The molecule has 0 radical (unpaired) electrons. The van der Waals surface area contributed by atoms with Gasteiger partial charge in [0.2, 0.25) is 5.91 Å².